The van der Waals surface area contributed by atoms with Crippen LogP contribution in [0.1, 0.15) is 24.8 Å². The second kappa shape index (κ2) is 11.5. The summed E-state index contributed by atoms with van der Waals surface area (Å²) in [6.07, 6.45) is 5.30. The van der Waals surface area contributed by atoms with Gasteiger partial charge in [0.15, 0.2) is 0 Å². The first-order valence-corrected chi connectivity index (χ1v) is 12.2. The van der Waals surface area contributed by atoms with Gasteiger partial charge in [0.1, 0.15) is 5.75 Å². The third kappa shape index (κ3) is 6.61. The van der Waals surface area contributed by atoms with Crippen molar-refractivity contribution in [2.45, 2.75) is 19.3 Å². The van der Waals surface area contributed by atoms with Crippen LogP contribution in [-0.4, -0.2) is 67.6 Å². The minimum atomic E-state index is -0.324. The summed E-state index contributed by atoms with van der Waals surface area (Å²) in [5.41, 5.74) is 0.671. The number of rotatable bonds is 7. The van der Waals surface area contributed by atoms with Crippen molar-refractivity contribution < 1.29 is 19.1 Å². The molecule has 6 nitrogen and oxygen atoms in total. The lowest BCUT2D eigenvalue weighted by Crippen LogP contribution is -2.49. The van der Waals surface area contributed by atoms with Gasteiger partial charge in [-0.25, -0.2) is 0 Å². The van der Waals surface area contributed by atoms with E-state index < -0.39 is 0 Å². The van der Waals surface area contributed by atoms with Gasteiger partial charge in [-0.3, -0.25) is 9.59 Å². The minimum absolute atomic E-state index is 0.00409. The molecule has 0 aromatic heterocycles. The van der Waals surface area contributed by atoms with E-state index in [0.29, 0.717) is 70.3 Å². The zero-order chi connectivity index (χ0) is 23.8. The van der Waals surface area contributed by atoms with Crippen molar-refractivity contribution in [1.82, 2.24) is 9.80 Å². The summed E-state index contributed by atoms with van der Waals surface area (Å²) in [6, 6.07) is 17.1. The van der Waals surface area contributed by atoms with E-state index in [0.717, 1.165) is 11.3 Å². The Morgan fingerprint density at radius 1 is 0.941 bits per heavy atom. The molecule has 0 N–H and O–H groups in total. The SMILES string of the molecule is O=C(/C=C/c1ccccc1)N1CCC(COc2ccc(Cl)cc2)(CC(=O)N2CCOCC2)CC1. The summed E-state index contributed by atoms with van der Waals surface area (Å²) in [5, 5.41) is 0.653. The summed E-state index contributed by atoms with van der Waals surface area (Å²) >= 11 is 5.99. The van der Waals surface area contributed by atoms with Crippen LogP contribution >= 0.6 is 11.6 Å². The number of benzene rings is 2. The number of carbonyl (C=O) groups excluding carboxylic acids is 2. The molecule has 4 rings (SSSR count). The zero-order valence-electron chi connectivity index (χ0n) is 19.3. The lowest BCUT2D eigenvalue weighted by atomic mass is 9.75. The highest BCUT2D eigenvalue weighted by atomic mass is 35.5. The molecule has 2 aliphatic rings. The van der Waals surface area contributed by atoms with E-state index in [9.17, 15) is 9.59 Å². The molecule has 0 bridgehead atoms. The smallest absolute Gasteiger partial charge is 0.246 e. The fourth-order valence-corrected chi connectivity index (χ4v) is 4.55. The Hall–Kier alpha value is -2.83. The number of nitrogens with zero attached hydrogens (tertiary/aromatic N) is 2. The van der Waals surface area contributed by atoms with Gasteiger partial charge >= 0.3 is 0 Å². The third-order valence-corrected chi connectivity index (χ3v) is 6.85. The van der Waals surface area contributed by atoms with Gasteiger partial charge in [-0.05, 0) is 48.7 Å². The molecule has 34 heavy (non-hydrogen) atoms. The number of piperidine rings is 1. The van der Waals surface area contributed by atoms with Gasteiger partial charge in [0.2, 0.25) is 11.8 Å². The van der Waals surface area contributed by atoms with Gasteiger partial charge in [-0.2, -0.15) is 0 Å². The molecule has 7 heteroatoms. The molecule has 180 valence electrons. The van der Waals surface area contributed by atoms with Gasteiger partial charge in [0.05, 0.1) is 19.8 Å². The molecule has 2 heterocycles. The number of hydrogen-bond acceptors (Lipinski definition) is 4. The molecule has 0 saturated carbocycles. The van der Waals surface area contributed by atoms with E-state index in [2.05, 4.69) is 0 Å². The average Bonchev–Trinajstić information content (AvgIpc) is 2.88. The molecule has 0 unspecified atom stereocenters. The quantitative estimate of drug-likeness (QED) is 0.552. The number of halogens is 1. The van der Waals surface area contributed by atoms with Gasteiger partial charge in [-0.15, -0.1) is 0 Å². The van der Waals surface area contributed by atoms with E-state index in [1.54, 1.807) is 18.2 Å². The summed E-state index contributed by atoms with van der Waals surface area (Å²) in [6.45, 7) is 4.03. The first-order chi connectivity index (χ1) is 16.5. The largest absolute Gasteiger partial charge is 0.493 e. The highest BCUT2D eigenvalue weighted by molar-refractivity contribution is 6.30. The molecule has 2 aromatic carbocycles. The normalized spacial score (nSPS) is 18.1. The summed E-state index contributed by atoms with van der Waals surface area (Å²) in [5.74, 6) is 0.856. The molecule has 0 aliphatic carbocycles. The molecule has 0 atom stereocenters. The highest BCUT2D eigenvalue weighted by Crippen LogP contribution is 2.37. The first kappa shape index (κ1) is 24.3. The fraction of sp³-hybridized carbons (Fsp3) is 0.407. The van der Waals surface area contributed by atoms with Crippen molar-refractivity contribution in [1.29, 1.82) is 0 Å². The maximum absolute atomic E-state index is 13.1. The Morgan fingerprint density at radius 3 is 2.29 bits per heavy atom. The van der Waals surface area contributed by atoms with E-state index in [-0.39, 0.29) is 17.2 Å². The zero-order valence-corrected chi connectivity index (χ0v) is 20.1. The Balaban J connectivity index is 1.40. The summed E-state index contributed by atoms with van der Waals surface area (Å²) in [7, 11) is 0. The predicted molar refractivity (Wildman–Crippen MR) is 133 cm³/mol. The van der Waals surface area contributed by atoms with Crippen molar-refractivity contribution in [3.63, 3.8) is 0 Å². The Kier molecular flexibility index (Phi) is 8.25. The van der Waals surface area contributed by atoms with E-state index in [1.165, 1.54) is 0 Å². The number of morpholine rings is 1. The lowest BCUT2D eigenvalue weighted by Gasteiger charge is -2.42. The molecule has 2 saturated heterocycles. The standard InChI is InChI=1S/C27H31ClN2O4/c28-23-7-9-24(10-8-23)34-21-27(20-26(32)30-16-18-33-19-17-30)12-14-29(15-13-27)25(31)11-6-22-4-2-1-3-5-22/h1-11H,12-21H2/b11-6+. The molecule has 2 amide bonds. The highest BCUT2D eigenvalue weighted by Gasteiger charge is 2.39. The number of ether oxygens (including phenoxy) is 2. The molecular weight excluding hydrogens is 452 g/mol. The van der Waals surface area contributed by atoms with Crippen LogP contribution in [0.15, 0.2) is 60.7 Å². The molecule has 2 aliphatic heterocycles. The van der Waals surface area contributed by atoms with Gasteiger partial charge in [-0.1, -0.05) is 41.9 Å². The molecule has 2 fully saturated rings. The van der Waals surface area contributed by atoms with Crippen molar-refractivity contribution >= 4 is 29.5 Å². The van der Waals surface area contributed by atoms with Crippen LogP contribution in [0.25, 0.3) is 6.08 Å². The van der Waals surface area contributed by atoms with Crippen LogP contribution in [0.2, 0.25) is 5.02 Å². The second-order valence-electron chi connectivity index (χ2n) is 8.98. The van der Waals surface area contributed by atoms with E-state index in [4.69, 9.17) is 21.1 Å². The van der Waals surface area contributed by atoms with Crippen molar-refractivity contribution in [2.75, 3.05) is 46.0 Å². The Bertz CT molecular complexity index is 979. The Morgan fingerprint density at radius 2 is 1.62 bits per heavy atom. The van der Waals surface area contributed by atoms with Gasteiger partial charge in [0.25, 0.3) is 0 Å². The number of amides is 2. The molecule has 0 radical (unpaired) electrons. The van der Waals surface area contributed by atoms with E-state index >= 15 is 0 Å². The molecule has 0 spiro atoms. The monoisotopic (exact) mass is 482 g/mol. The summed E-state index contributed by atoms with van der Waals surface area (Å²) in [4.78, 5) is 29.6. The number of hydrogen-bond donors (Lipinski definition) is 0. The predicted octanol–water partition coefficient (Wildman–Crippen LogP) is 4.29. The fourth-order valence-electron chi connectivity index (χ4n) is 4.42. The van der Waals surface area contributed by atoms with Crippen molar-refractivity contribution in [3.05, 3.63) is 71.3 Å². The maximum atomic E-state index is 13.1. The van der Waals surface area contributed by atoms with Crippen LogP contribution in [-0.2, 0) is 14.3 Å². The van der Waals surface area contributed by atoms with Crippen LogP contribution in [0.3, 0.4) is 0 Å². The summed E-state index contributed by atoms with van der Waals surface area (Å²) < 4.78 is 11.5. The van der Waals surface area contributed by atoms with E-state index in [1.807, 2.05) is 58.3 Å². The number of carbonyl (C=O) groups is 2. The minimum Gasteiger partial charge on any atom is -0.493 e. The number of likely N-dealkylation sites (tertiary alicyclic amines) is 1. The molecule has 2 aromatic rings. The van der Waals surface area contributed by atoms with Gasteiger partial charge < -0.3 is 19.3 Å². The maximum Gasteiger partial charge on any atom is 0.246 e. The Labute approximate surface area is 206 Å². The van der Waals surface area contributed by atoms with Crippen LogP contribution in [0.5, 0.6) is 5.75 Å². The van der Waals surface area contributed by atoms with Crippen LogP contribution in [0, 0.1) is 5.41 Å². The third-order valence-electron chi connectivity index (χ3n) is 6.60. The van der Waals surface area contributed by atoms with Crippen LogP contribution < -0.4 is 4.74 Å². The lowest BCUT2D eigenvalue weighted by molar-refractivity contribution is -0.140. The average molecular weight is 483 g/mol. The van der Waals surface area contributed by atoms with Crippen molar-refractivity contribution in [3.8, 4) is 5.75 Å². The van der Waals surface area contributed by atoms with Gasteiger partial charge in [0, 0.05) is 49.1 Å². The topological polar surface area (TPSA) is 59.1 Å². The van der Waals surface area contributed by atoms with Crippen molar-refractivity contribution in [2.24, 2.45) is 5.41 Å². The second-order valence-corrected chi connectivity index (χ2v) is 9.42. The van der Waals surface area contributed by atoms with Crippen LogP contribution in [0.4, 0.5) is 0 Å². The molecular formula is C27H31ClN2O4. The first-order valence-electron chi connectivity index (χ1n) is 11.8.